The quantitative estimate of drug-likeness (QED) is 0.290. The van der Waals surface area contributed by atoms with Crippen LogP contribution >= 0.6 is 0 Å². The van der Waals surface area contributed by atoms with Crippen LogP contribution in [-0.2, 0) is 24.2 Å². The number of fused-ring (bicyclic) bond motifs is 1. The van der Waals surface area contributed by atoms with Crippen LogP contribution in [0.1, 0.15) is 49.3 Å². The van der Waals surface area contributed by atoms with E-state index in [0.29, 0.717) is 37.5 Å². The van der Waals surface area contributed by atoms with Crippen molar-refractivity contribution in [2.45, 2.75) is 70.3 Å². The summed E-state index contributed by atoms with van der Waals surface area (Å²) >= 11 is 0. The van der Waals surface area contributed by atoms with Crippen LogP contribution in [0.25, 0.3) is 0 Å². The van der Waals surface area contributed by atoms with Gasteiger partial charge < -0.3 is 9.64 Å². The Kier molecular flexibility index (Phi) is 8.38. The third-order valence-corrected chi connectivity index (χ3v) is 7.97. The Morgan fingerprint density at radius 1 is 0.921 bits per heavy atom. The summed E-state index contributed by atoms with van der Waals surface area (Å²) in [5.41, 5.74) is 2.83. The van der Waals surface area contributed by atoms with Gasteiger partial charge in [-0.2, -0.15) is 0 Å². The molecule has 38 heavy (non-hydrogen) atoms. The number of carbonyl (C=O) groups is 1. The number of ether oxygens (including phenoxy) is 1. The molecule has 0 saturated carbocycles. The van der Waals surface area contributed by atoms with Crippen molar-refractivity contribution in [2.75, 3.05) is 6.54 Å². The van der Waals surface area contributed by atoms with Gasteiger partial charge in [0.25, 0.3) is 0 Å². The van der Waals surface area contributed by atoms with E-state index in [9.17, 15) is 13.6 Å². The van der Waals surface area contributed by atoms with E-state index in [-0.39, 0.29) is 18.2 Å². The van der Waals surface area contributed by atoms with Gasteiger partial charge in [0.2, 0.25) is 0 Å². The Morgan fingerprint density at radius 2 is 1.53 bits per heavy atom. The van der Waals surface area contributed by atoms with Gasteiger partial charge in [-0.15, -0.1) is 0 Å². The zero-order valence-electron chi connectivity index (χ0n) is 21.9. The third-order valence-electron chi connectivity index (χ3n) is 7.97. The molecule has 200 valence electrons. The van der Waals surface area contributed by atoms with E-state index in [1.807, 2.05) is 41.3 Å². The fourth-order valence-corrected chi connectivity index (χ4v) is 6.23. The first-order valence-corrected chi connectivity index (χ1v) is 13.7. The van der Waals surface area contributed by atoms with Crippen LogP contribution < -0.4 is 0 Å². The van der Waals surface area contributed by atoms with Crippen molar-refractivity contribution in [1.29, 1.82) is 0 Å². The van der Waals surface area contributed by atoms with Crippen LogP contribution in [0.2, 0.25) is 0 Å². The highest BCUT2D eigenvalue weighted by atomic mass is 19.1. The number of hydrogen-bond acceptors (Lipinski definition) is 3. The zero-order chi connectivity index (χ0) is 26.5. The van der Waals surface area contributed by atoms with Crippen LogP contribution in [0, 0.1) is 17.6 Å². The van der Waals surface area contributed by atoms with Gasteiger partial charge in [0.05, 0.1) is 12.1 Å². The molecule has 0 spiro atoms. The van der Waals surface area contributed by atoms with Crippen LogP contribution in [0.3, 0.4) is 0 Å². The largest absolute Gasteiger partial charge is 0.442 e. The first-order chi connectivity index (χ1) is 18.5. The highest BCUT2D eigenvalue weighted by Crippen LogP contribution is 2.37. The SMILES string of the molecule is CCCC1CCN2C(=O)OC(C(Cc3cc(F)cc(F)c3)N(Cc3ccccc3)Cc3ccccc3)C2C1. The van der Waals surface area contributed by atoms with Gasteiger partial charge in [0, 0.05) is 25.7 Å². The van der Waals surface area contributed by atoms with E-state index < -0.39 is 17.7 Å². The number of benzene rings is 3. The molecule has 5 rings (SSSR count). The maximum absolute atomic E-state index is 14.3. The minimum absolute atomic E-state index is 0.0507. The maximum Gasteiger partial charge on any atom is 0.410 e. The average molecular weight is 519 g/mol. The molecule has 3 aromatic carbocycles. The summed E-state index contributed by atoms with van der Waals surface area (Å²) in [7, 11) is 0. The second-order valence-electron chi connectivity index (χ2n) is 10.7. The number of piperidine rings is 1. The summed E-state index contributed by atoms with van der Waals surface area (Å²) in [6.45, 7) is 4.14. The van der Waals surface area contributed by atoms with Crippen LogP contribution in [0.4, 0.5) is 13.6 Å². The molecule has 4 nitrogen and oxygen atoms in total. The Hall–Kier alpha value is -3.25. The average Bonchev–Trinajstić information content (AvgIpc) is 3.23. The van der Waals surface area contributed by atoms with Crippen molar-refractivity contribution in [3.8, 4) is 0 Å². The lowest BCUT2D eigenvalue weighted by Gasteiger charge is -2.40. The third kappa shape index (κ3) is 6.24. The summed E-state index contributed by atoms with van der Waals surface area (Å²) in [5, 5.41) is 0. The molecule has 2 fully saturated rings. The molecule has 4 atom stereocenters. The minimum atomic E-state index is -0.595. The lowest BCUT2D eigenvalue weighted by molar-refractivity contribution is 0.0270. The van der Waals surface area contributed by atoms with E-state index in [0.717, 1.165) is 42.9 Å². The molecule has 2 aliphatic heterocycles. The number of cyclic esters (lactones) is 1. The Bertz CT molecular complexity index is 1140. The molecule has 0 aromatic heterocycles. The van der Waals surface area contributed by atoms with Gasteiger partial charge in [-0.05, 0) is 54.0 Å². The van der Waals surface area contributed by atoms with Gasteiger partial charge in [0.15, 0.2) is 0 Å². The van der Waals surface area contributed by atoms with Crippen molar-refractivity contribution in [3.63, 3.8) is 0 Å². The second-order valence-corrected chi connectivity index (χ2v) is 10.7. The predicted octanol–water partition coefficient (Wildman–Crippen LogP) is 6.98. The molecule has 2 heterocycles. The Balaban J connectivity index is 1.53. The maximum atomic E-state index is 14.3. The lowest BCUT2D eigenvalue weighted by atomic mass is 9.83. The normalized spacial score (nSPS) is 21.8. The molecule has 0 radical (unpaired) electrons. The Labute approximate surface area is 224 Å². The predicted molar refractivity (Wildman–Crippen MR) is 144 cm³/mol. The molecule has 2 saturated heterocycles. The molecule has 4 unspecified atom stereocenters. The van der Waals surface area contributed by atoms with Gasteiger partial charge in [-0.25, -0.2) is 13.6 Å². The summed E-state index contributed by atoms with van der Waals surface area (Å²) in [6.07, 6.45) is 3.81. The standard InChI is InChI=1S/C32H36F2N2O2/c1-2-9-23-14-15-36-30(18-23)31(38-32(36)37)29(19-26-16-27(33)20-28(34)17-26)35(21-24-10-5-3-6-11-24)22-25-12-7-4-8-13-25/h3-8,10-13,16-17,20,23,29-31H,2,9,14-15,18-19,21-22H2,1H3. The Morgan fingerprint density at radius 3 is 2.11 bits per heavy atom. The van der Waals surface area contributed by atoms with E-state index in [1.165, 1.54) is 12.1 Å². The molecule has 0 N–H and O–H groups in total. The number of carbonyl (C=O) groups excluding carboxylic acids is 1. The first-order valence-electron chi connectivity index (χ1n) is 13.7. The number of halogens is 2. The summed E-state index contributed by atoms with van der Waals surface area (Å²) in [4.78, 5) is 17.3. The lowest BCUT2D eigenvalue weighted by Crippen LogP contribution is -2.52. The molecule has 3 aromatic rings. The summed E-state index contributed by atoms with van der Waals surface area (Å²) in [5.74, 6) is -0.647. The number of hydrogen-bond donors (Lipinski definition) is 0. The van der Waals surface area contributed by atoms with E-state index in [4.69, 9.17) is 4.74 Å². The van der Waals surface area contributed by atoms with E-state index in [2.05, 4.69) is 36.1 Å². The topological polar surface area (TPSA) is 32.8 Å². The van der Waals surface area contributed by atoms with Gasteiger partial charge in [0.1, 0.15) is 17.7 Å². The first kappa shape index (κ1) is 26.4. The van der Waals surface area contributed by atoms with Crippen molar-refractivity contribution < 1.29 is 18.3 Å². The molecule has 0 aliphatic carbocycles. The van der Waals surface area contributed by atoms with Crippen molar-refractivity contribution in [2.24, 2.45) is 5.92 Å². The highest BCUT2D eigenvalue weighted by Gasteiger charge is 2.49. The molecular weight excluding hydrogens is 482 g/mol. The highest BCUT2D eigenvalue weighted by molar-refractivity contribution is 5.71. The monoisotopic (exact) mass is 518 g/mol. The fraction of sp³-hybridized carbons (Fsp3) is 0.406. The molecule has 6 heteroatoms. The smallest absolute Gasteiger partial charge is 0.410 e. The van der Waals surface area contributed by atoms with Gasteiger partial charge >= 0.3 is 6.09 Å². The number of nitrogens with zero attached hydrogens (tertiary/aromatic N) is 2. The van der Waals surface area contributed by atoms with Crippen LogP contribution in [0.5, 0.6) is 0 Å². The molecule has 1 amide bonds. The van der Waals surface area contributed by atoms with E-state index >= 15 is 0 Å². The number of amides is 1. The minimum Gasteiger partial charge on any atom is -0.442 e. The summed E-state index contributed by atoms with van der Waals surface area (Å²) in [6, 6.07) is 23.8. The fourth-order valence-electron chi connectivity index (χ4n) is 6.23. The molecular formula is C32H36F2N2O2. The van der Waals surface area contributed by atoms with Crippen molar-refractivity contribution >= 4 is 6.09 Å². The number of rotatable bonds is 10. The summed E-state index contributed by atoms with van der Waals surface area (Å²) < 4.78 is 34.7. The van der Waals surface area contributed by atoms with Crippen LogP contribution in [0.15, 0.2) is 78.9 Å². The van der Waals surface area contributed by atoms with E-state index in [1.54, 1.807) is 0 Å². The van der Waals surface area contributed by atoms with Crippen LogP contribution in [-0.4, -0.2) is 40.6 Å². The zero-order valence-corrected chi connectivity index (χ0v) is 21.9. The second kappa shape index (κ2) is 12.1. The van der Waals surface area contributed by atoms with Crippen molar-refractivity contribution in [1.82, 2.24) is 9.80 Å². The van der Waals surface area contributed by atoms with Crippen molar-refractivity contribution in [3.05, 3.63) is 107 Å². The molecule has 2 aliphatic rings. The van der Waals surface area contributed by atoms with Gasteiger partial charge in [-0.3, -0.25) is 4.90 Å². The van der Waals surface area contributed by atoms with Gasteiger partial charge in [-0.1, -0.05) is 80.4 Å². The molecule has 0 bridgehead atoms.